The minimum absolute atomic E-state index is 0.00993. The second-order valence-corrected chi connectivity index (χ2v) is 11.0. The average molecular weight is 552 g/mol. The predicted octanol–water partition coefficient (Wildman–Crippen LogP) is -0.319. The van der Waals surface area contributed by atoms with Gasteiger partial charge in [0.2, 0.25) is 5.72 Å². The van der Waals surface area contributed by atoms with Crippen molar-refractivity contribution in [1.82, 2.24) is 14.9 Å². The first kappa shape index (κ1) is 26.8. The molecule has 1 aromatic heterocycles. The van der Waals surface area contributed by atoms with Crippen LogP contribution in [0.3, 0.4) is 0 Å². The van der Waals surface area contributed by atoms with Crippen molar-refractivity contribution in [2.75, 3.05) is 6.61 Å². The molecule has 24 heteroatoms. The highest BCUT2D eigenvalue weighted by atomic mass is 31.3. The molecule has 2 aliphatic rings. The minimum atomic E-state index is -5.86. The van der Waals surface area contributed by atoms with Crippen LogP contribution in [-0.2, 0) is 31.6 Å². The Bertz CT molecular complexity index is 1170. The fourth-order valence-electron chi connectivity index (χ4n) is 2.91. The lowest BCUT2D eigenvalue weighted by Crippen LogP contribution is -2.44. The van der Waals surface area contributed by atoms with Crippen molar-refractivity contribution < 1.29 is 60.6 Å². The molecule has 0 spiro atoms. The van der Waals surface area contributed by atoms with Crippen LogP contribution >= 0.6 is 23.5 Å². The number of aliphatic hydroxyl groups excluding tert-OH is 1. The van der Waals surface area contributed by atoms with E-state index in [-0.39, 0.29) is 11.5 Å². The van der Waals surface area contributed by atoms with Crippen LogP contribution in [0.5, 0.6) is 0 Å². The number of phosphoric ester groups is 1. The molecular formula is C10H16FN8O12P3. The molecular weight excluding hydrogens is 536 g/mol. The summed E-state index contributed by atoms with van der Waals surface area (Å²) in [5.74, 6) is 0.00993. The fourth-order valence-corrected chi connectivity index (χ4v) is 5.95. The van der Waals surface area contributed by atoms with Crippen LogP contribution in [0.25, 0.3) is 10.4 Å². The topological polar surface area (TPSA) is 306 Å². The molecule has 4 unspecified atom stereocenters. The maximum absolute atomic E-state index is 15.0. The Kier molecular flexibility index (Phi) is 7.37. The van der Waals surface area contributed by atoms with E-state index in [0.29, 0.717) is 0 Å². The highest BCUT2D eigenvalue weighted by Gasteiger charge is 2.58. The highest BCUT2D eigenvalue weighted by Crippen LogP contribution is 2.66. The van der Waals surface area contributed by atoms with Gasteiger partial charge in [0.15, 0.2) is 18.2 Å². The quantitative estimate of drug-likeness (QED) is 0.0893. The minimum Gasteiger partial charge on any atom is -0.387 e. The maximum atomic E-state index is 15.0. The van der Waals surface area contributed by atoms with E-state index in [0.717, 1.165) is 10.9 Å². The van der Waals surface area contributed by atoms with Gasteiger partial charge in [0.05, 0.1) is 19.3 Å². The molecule has 190 valence electrons. The largest absolute Gasteiger partial charge is 0.490 e. The van der Waals surface area contributed by atoms with Gasteiger partial charge in [0, 0.05) is 4.91 Å². The highest BCUT2D eigenvalue weighted by molar-refractivity contribution is 7.66. The van der Waals surface area contributed by atoms with E-state index in [4.69, 9.17) is 25.8 Å². The van der Waals surface area contributed by atoms with Gasteiger partial charge < -0.3 is 40.5 Å². The summed E-state index contributed by atoms with van der Waals surface area (Å²) in [6, 6.07) is 0. The molecule has 0 radical (unpaired) electrons. The number of nitrogens with zero attached hydrogens (tertiary/aromatic N) is 6. The Balaban J connectivity index is 1.83. The van der Waals surface area contributed by atoms with Gasteiger partial charge in [-0.25, -0.2) is 28.1 Å². The molecule has 1 fully saturated rings. The number of aliphatic imine (C=N–C) groups is 1. The smallest absolute Gasteiger partial charge is 0.387 e. The van der Waals surface area contributed by atoms with Gasteiger partial charge in [-0.15, -0.1) is 0 Å². The number of aliphatic hydroxyl groups is 1. The van der Waals surface area contributed by atoms with Crippen molar-refractivity contribution in [3.63, 3.8) is 0 Å². The molecule has 0 amide bonds. The summed E-state index contributed by atoms with van der Waals surface area (Å²) in [5, 5.41) is 16.1. The van der Waals surface area contributed by atoms with Crippen molar-refractivity contribution in [2.45, 2.75) is 30.4 Å². The van der Waals surface area contributed by atoms with Crippen molar-refractivity contribution >= 4 is 35.6 Å². The van der Waals surface area contributed by atoms with Crippen LogP contribution in [0.4, 0.5) is 10.2 Å². The summed E-state index contributed by atoms with van der Waals surface area (Å²) in [6.45, 7) is -1.44. The van der Waals surface area contributed by atoms with Crippen molar-refractivity contribution in [3.8, 4) is 0 Å². The third-order valence-electron chi connectivity index (χ3n) is 4.23. The van der Waals surface area contributed by atoms with E-state index in [1.165, 1.54) is 6.34 Å². The van der Waals surface area contributed by atoms with Crippen LogP contribution in [0.15, 0.2) is 16.4 Å². The maximum Gasteiger partial charge on any atom is 0.490 e. The number of halogens is 1. The third-order valence-corrected chi connectivity index (χ3v) is 8.01. The number of nitrogens with two attached hydrogens (primary N) is 1. The summed E-state index contributed by atoms with van der Waals surface area (Å²) >= 11 is 0. The summed E-state index contributed by atoms with van der Waals surface area (Å²) < 4.78 is 66.8. The zero-order chi connectivity index (χ0) is 25.5. The Morgan fingerprint density at radius 2 is 2.00 bits per heavy atom. The third kappa shape index (κ3) is 5.71. The second kappa shape index (κ2) is 9.34. The Morgan fingerprint density at radius 1 is 1.32 bits per heavy atom. The molecule has 8 N–H and O–H groups in total. The van der Waals surface area contributed by atoms with Gasteiger partial charge in [-0.3, -0.25) is 9.09 Å². The molecule has 0 aromatic carbocycles. The summed E-state index contributed by atoms with van der Waals surface area (Å²) in [7, 11) is -17.2. The molecule has 3 rings (SSSR count). The average Bonchev–Trinajstić information content (AvgIpc) is 3.20. The summed E-state index contributed by atoms with van der Waals surface area (Å²) in [6.07, 6.45) is -5.06. The van der Waals surface area contributed by atoms with E-state index in [1.807, 2.05) is 0 Å². The number of aromatic nitrogens is 2. The molecule has 0 aliphatic carbocycles. The molecule has 1 saturated heterocycles. The Morgan fingerprint density at radius 3 is 2.62 bits per heavy atom. The standard InChI is InChI=1S/C10H16FN8O12P3/c11-4-6(20)10(17-18-13,1-28-33(24,25)31-34(26,27)30-32(21,22)23)29-9(4)19-3-16-5-7(12)14-2-15-8(5)19/h2-4,6-7,9,20H,1,12H2,(H,14,15)(H,24,25)(H,26,27)(H2,21,22,23)/t4-,6+,7?,9?,10-/m1/s1. The van der Waals surface area contributed by atoms with Gasteiger partial charge in [0.1, 0.15) is 18.0 Å². The molecule has 0 saturated carbocycles. The van der Waals surface area contributed by atoms with Gasteiger partial charge in [-0.2, -0.15) is 8.62 Å². The zero-order valence-electron chi connectivity index (χ0n) is 16.2. The Labute approximate surface area is 187 Å². The van der Waals surface area contributed by atoms with Gasteiger partial charge in [0.25, 0.3) is 0 Å². The molecule has 34 heavy (non-hydrogen) atoms. The van der Waals surface area contributed by atoms with E-state index < -0.39 is 60.5 Å². The van der Waals surface area contributed by atoms with Gasteiger partial charge >= 0.3 is 23.5 Å². The van der Waals surface area contributed by atoms with Gasteiger partial charge in [-0.1, -0.05) is 5.11 Å². The van der Waals surface area contributed by atoms with E-state index in [2.05, 4.69) is 38.5 Å². The molecule has 0 bridgehead atoms. The normalized spacial score (nSPS) is 32.2. The molecule has 20 nitrogen and oxygen atoms in total. The lowest BCUT2D eigenvalue weighted by atomic mass is 10.1. The van der Waals surface area contributed by atoms with Crippen molar-refractivity contribution in [3.05, 3.63) is 22.5 Å². The van der Waals surface area contributed by atoms with E-state index in [1.54, 1.807) is 0 Å². The second-order valence-electron chi connectivity index (χ2n) is 6.56. The molecule has 2 aliphatic heterocycles. The van der Waals surface area contributed by atoms with Crippen LogP contribution in [0, 0.1) is 0 Å². The van der Waals surface area contributed by atoms with Crippen LogP contribution in [0.2, 0.25) is 0 Å². The predicted molar refractivity (Wildman–Crippen MR) is 103 cm³/mol. The fraction of sp³-hybridized carbons (Fsp3) is 0.600. The number of hydrogen-bond donors (Lipinski definition) is 7. The van der Waals surface area contributed by atoms with E-state index >= 15 is 0 Å². The van der Waals surface area contributed by atoms with E-state index in [9.17, 15) is 33.0 Å². The number of fused-ring (bicyclic) bond motifs is 1. The Hall–Kier alpha value is -1.79. The number of alkyl halides is 1. The number of hydrogen-bond acceptors (Lipinski definition) is 13. The number of imidazole rings is 1. The first-order valence-electron chi connectivity index (χ1n) is 8.55. The lowest BCUT2D eigenvalue weighted by Gasteiger charge is -2.27. The monoisotopic (exact) mass is 552 g/mol. The number of rotatable bonds is 9. The van der Waals surface area contributed by atoms with Crippen LogP contribution < -0.4 is 11.1 Å². The first-order chi connectivity index (χ1) is 15.6. The SMILES string of the molecule is [N-]=[N+]=N[C@]1(COP(=O)(O)OP(=O)(O)OP(=O)(O)O)OC(n2cnc3c2N=CNC3N)[C@H](F)[C@@H]1O. The zero-order valence-corrected chi connectivity index (χ0v) is 18.9. The molecule has 3 heterocycles. The van der Waals surface area contributed by atoms with Gasteiger partial charge in [-0.05, 0) is 5.53 Å². The molecule has 1 aromatic rings. The van der Waals surface area contributed by atoms with Crippen molar-refractivity contribution in [1.29, 1.82) is 0 Å². The number of azide groups is 1. The summed E-state index contributed by atoms with van der Waals surface area (Å²) in [4.78, 5) is 46.1. The van der Waals surface area contributed by atoms with Crippen LogP contribution in [0.1, 0.15) is 18.1 Å². The number of phosphoric acid groups is 3. The number of nitrogens with one attached hydrogen (secondary N) is 1. The van der Waals surface area contributed by atoms with Crippen LogP contribution in [-0.4, -0.2) is 65.2 Å². The lowest BCUT2D eigenvalue weighted by molar-refractivity contribution is -0.121. The first-order valence-corrected chi connectivity index (χ1v) is 13.1. The van der Waals surface area contributed by atoms with Crippen molar-refractivity contribution in [2.24, 2.45) is 15.8 Å². The summed E-state index contributed by atoms with van der Waals surface area (Å²) in [5.41, 5.74) is 12.1. The number of ether oxygens (including phenoxy) is 1. The molecule has 7 atom stereocenters.